The molecule has 2 aromatic carbocycles. The van der Waals surface area contributed by atoms with Crippen LogP contribution in [0.4, 0.5) is 5.13 Å². The highest BCUT2D eigenvalue weighted by Gasteiger charge is 2.08. The number of hydrogen-bond acceptors (Lipinski definition) is 6. The van der Waals surface area contributed by atoms with Gasteiger partial charge in [-0.3, -0.25) is 10.1 Å². The van der Waals surface area contributed by atoms with Gasteiger partial charge in [0, 0.05) is 23.3 Å². The van der Waals surface area contributed by atoms with Gasteiger partial charge in [0.2, 0.25) is 5.91 Å². The fraction of sp³-hybridized carbons (Fsp3) is 0.100. The molecule has 0 bridgehead atoms. The highest BCUT2D eigenvalue weighted by Crippen LogP contribution is 2.26. The molecule has 28 heavy (non-hydrogen) atoms. The summed E-state index contributed by atoms with van der Waals surface area (Å²) in [6.07, 6.45) is 4.14. The Bertz CT molecular complexity index is 1100. The van der Waals surface area contributed by atoms with E-state index in [4.69, 9.17) is 4.74 Å². The Morgan fingerprint density at radius 2 is 1.79 bits per heavy atom. The van der Waals surface area contributed by atoms with Crippen LogP contribution < -0.4 is 10.1 Å². The topological polar surface area (TPSA) is 85.4 Å². The molecule has 6 nitrogen and oxygen atoms in total. The minimum absolute atomic E-state index is 0.239. The van der Waals surface area contributed by atoms with E-state index >= 15 is 0 Å². The molecule has 1 heterocycles. The molecule has 0 aliphatic carbocycles. The minimum atomic E-state index is -3.23. The Morgan fingerprint density at radius 1 is 1.11 bits per heavy atom. The van der Waals surface area contributed by atoms with Gasteiger partial charge in [0.25, 0.3) is 0 Å². The van der Waals surface area contributed by atoms with Gasteiger partial charge in [0.1, 0.15) is 5.75 Å². The van der Waals surface area contributed by atoms with Gasteiger partial charge < -0.3 is 4.74 Å². The Hall–Kier alpha value is -2.97. The summed E-state index contributed by atoms with van der Waals surface area (Å²) >= 11 is 1.33. The SMILES string of the molecule is COc1ccc(-c2csc(NC(=O)C=Cc3ccc(S(C)(=O)=O)cc3)n2)cc1. The largest absolute Gasteiger partial charge is 0.497 e. The van der Waals surface area contributed by atoms with E-state index in [9.17, 15) is 13.2 Å². The number of aromatic nitrogens is 1. The average molecular weight is 415 g/mol. The van der Waals surface area contributed by atoms with Crippen LogP contribution >= 0.6 is 11.3 Å². The Balaban J connectivity index is 1.63. The number of anilines is 1. The number of nitrogens with one attached hydrogen (secondary N) is 1. The summed E-state index contributed by atoms with van der Waals surface area (Å²) in [5.41, 5.74) is 2.42. The zero-order chi connectivity index (χ0) is 20.1. The monoisotopic (exact) mass is 414 g/mol. The first-order valence-corrected chi connectivity index (χ1v) is 11.0. The average Bonchev–Trinajstić information content (AvgIpc) is 3.14. The van der Waals surface area contributed by atoms with Gasteiger partial charge in [0.05, 0.1) is 17.7 Å². The number of methoxy groups -OCH3 is 1. The second-order valence-corrected chi connectivity index (χ2v) is 8.80. The number of amides is 1. The van der Waals surface area contributed by atoms with Crippen molar-refractivity contribution >= 4 is 38.3 Å². The number of nitrogens with zero attached hydrogens (tertiary/aromatic N) is 1. The van der Waals surface area contributed by atoms with Gasteiger partial charge in [-0.25, -0.2) is 13.4 Å². The summed E-state index contributed by atoms with van der Waals surface area (Å²) in [6, 6.07) is 13.8. The normalized spacial score (nSPS) is 11.5. The number of carbonyl (C=O) groups excluding carboxylic acids is 1. The highest BCUT2D eigenvalue weighted by molar-refractivity contribution is 7.90. The molecule has 0 radical (unpaired) electrons. The third kappa shape index (κ3) is 5.05. The quantitative estimate of drug-likeness (QED) is 0.619. The van der Waals surface area contributed by atoms with Crippen LogP contribution in [0.15, 0.2) is 64.9 Å². The number of rotatable bonds is 6. The van der Waals surface area contributed by atoms with Crippen molar-refractivity contribution in [2.45, 2.75) is 4.90 Å². The fourth-order valence-corrected chi connectivity index (χ4v) is 3.72. The summed E-state index contributed by atoms with van der Waals surface area (Å²) < 4.78 is 28.0. The number of hydrogen-bond donors (Lipinski definition) is 1. The lowest BCUT2D eigenvalue weighted by Crippen LogP contribution is -2.07. The molecule has 1 N–H and O–H groups in total. The van der Waals surface area contributed by atoms with Gasteiger partial charge in [-0.1, -0.05) is 12.1 Å². The van der Waals surface area contributed by atoms with Crippen molar-refractivity contribution in [3.8, 4) is 17.0 Å². The molecular formula is C20H18N2O4S2. The number of ether oxygens (including phenoxy) is 1. The molecule has 0 aliphatic heterocycles. The van der Waals surface area contributed by atoms with Crippen LogP contribution in [0.1, 0.15) is 5.56 Å². The Morgan fingerprint density at radius 3 is 2.39 bits per heavy atom. The second kappa shape index (κ2) is 8.37. The second-order valence-electron chi connectivity index (χ2n) is 5.93. The van der Waals surface area contributed by atoms with Crippen LogP contribution in [0.5, 0.6) is 5.75 Å². The minimum Gasteiger partial charge on any atom is -0.497 e. The fourth-order valence-electron chi connectivity index (χ4n) is 2.37. The van der Waals surface area contributed by atoms with Crippen LogP contribution in [0, 0.1) is 0 Å². The van der Waals surface area contributed by atoms with E-state index < -0.39 is 9.84 Å². The third-order valence-electron chi connectivity index (χ3n) is 3.86. The molecule has 0 atom stereocenters. The molecule has 0 fully saturated rings. The van der Waals surface area contributed by atoms with Crippen molar-refractivity contribution in [3.63, 3.8) is 0 Å². The summed E-state index contributed by atoms with van der Waals surface area (Å²) in [6.45, 7) is 0. The van der Waals surface area contributed by atoms with Crippen molar-refractivity contribution in [1.29, 1.82) is 0 Å². The predicted molar refractivity (Wildman–Crippen MR) is 111 cm³/mol. The van der Waals surface area contributed by atoms with Crippen molar-refractivity contribution in [3.05, 3.63) is 65.6 Å². The van der Waals surface area contributed by atoms with Gasteiger partial charge in [-0.2, -0.15) is 0 Å². The van der Waals surface area contributed by atoms with E-state index in [-0.39, 0.29) is 10.8 Å². The molecule has 0 aliphatic rings. The predicted octanol–water partition coefficient (Wildman–Crippen LogP) is 3.87. The van der Waals surface area contributed by atoms with E-state index in [1.165, 1.54) is 29.5 Å². The molecule has 144 valence electrons. The van der Waals surface area contributed by atoms with Gasteiger partial charge in [0.15, 0.2) is 15.0 Å². The van der Waals surface area contributed by atoms with E-state index in [0.717, 1.165) is 28.8 Å². The highest BCUT2D eigenvalue weighted by atomic mass is 32.2. The van der Waals surface area contributed by atoms with Crippen LogP contribution in [-0.2, 0) is 14.6 Å². The van der Waals surface area contributed by atoms with Gasteiger partial charge in [-0.15, -0.1) is 11.3 Å². The van der Waals surface area contributed by atoms with Crippen molar-refractivity contribution < 1.29 is 17.9 Å². The first-order valence-electron chi connectivity index (χ1n) is 8.24. The molecule has 8 heteroatoms. The van der Waals surface area contributed by atoms with Crippen molar-refractivity contribution in [2.24, 2.45) is 0 Å². The smallest absolute Gasteiger partial charge is 0.250 e. The van der Waals surface area contributed by atoms with Crippen molar-refractivity contribution in [1.82, 2.24) is 4.98 Å². The maximum Gasteiger partial charge on any atom is 0.250 e. The summed E-state index contributed by atoms with van der Waals surface area (Å²) in [4.78, 5) is 16.8. The standard InChI is InChI=1S/C20H18N2O4S2/c1-26-16-8-6-15(7-9-16)18-13-27-20(21-18)22-19(23)12-5-14-3-10-17(11-4-14)28(2,24)25/h3-13H,1-2H3,(H,21,22,23). The molecule has 3 aromatic rings. The molecular weight excluding hydrogens is 396 g/mol. The molecule has 0 saturated carbocycles. The molecule has 1 amide bonds. The zero-order valence-corrected chi connectivity index (χ0v) is 16.9. The molecule has 0 saturated heterocycles. The Kier molecular flexibility index (Phi) is 5.91. The first-order chi connectivity index (χ1) is 13.3. The van der Waals surface area contributed by atoms with E-state index in [0.29, 0.717) is 5.13 Å². The summed E-state index contributed by atoms with van der Waals surface area (Å²) in [7, 11) is -1.62. The number of benzene rings is 2. The van der Waals surface area contributed by atoms with E-state index in [1.807, 2.05) is 29.6 Å². The first kappa shape index (κ1) is 19.8. The lowest BCUT2D eigenvalue weighted by Gasteiger charge is -2.01. The number of sulfone groups is 1. The van der Waals surface area contributed by atoms with Crippen LogP contribution in [-0.4, -0.2) is 32.7 Å². The maximum atomic E-state index is 12.1. The van der Waals surface area contributed by atoms with Gasteiger partial charge in [-0.05, 0) is 48.0 Å². The van der Waals surface area contributed by atoms with Crippen LogP contribution in [0.25, 0.3) is 17.3 Å². The van der Waals surface area contributed by atoms with E-state index in [2.05, 4.69) is 10.3 Å². The number of thiazole rings is 1. The zero-order valence-electron chi connectivity index (χ0n) is 15.2. The summed E-state index contributed by atoms with van der Waals surface area (Å²) in [5, 5.41) is 5.08. The van der Waals surface area contributed by atoms with E-state index in [1.54, 1.807) is 25.3 Å². The lowest BCUT2D eigenvalue weighted by molar-refractivity contribution is -0.111. The van der Waals surface area contributed by atoms with Crippen LogP contribution in [0.2, 0.25) is 0 Å². The number of carbonyl (C=O) groups is 1. The molecule has 0 unspecified atom stereocenters. The maximum absolute atomic E-state index is 12.1. The molecule has 1 aromatic heterocycles. The molecule has 0 spiro atoms. The lowest BCUT2D eigenvalue weighted by atomic mass is 10.2. The van der Waals surface area contributed by atoms with Gasteiger partial charge >= 0.3 is 0 Å². The van der Waals surface area contributed by atoms with Crippen LogP contribution in [0.3, 0.4) is 0 Å². The summed E-state index contributed by atoms with van der Waals surface area (Å²) in [5.74, 6) is 0.449. The third-order valence-corrected chi connectivity index (χ3v) is 5.74. The van der Waals surface area contributed by atoms with Crippen molar-refractivity contribution in [2.75, 3.05) is 18.7 Å². The Labute approximate surface area is 167 Å². The molecule has 3 rings (SSSR count).